The molecule has 19 heavy (non-hydrogen) atoms. The van der Waals surface area contributed by atoms with Crippen LogP contribution in [0.15, 0.2) is 18.3 Å². The molecule has 0 bridgehead atoms. The molecule has 5 nitrogen and oxygen atoms in total. The standard InChI is InChI=1S/C14H20N2O3/c1-11(2)12-3-4-15-13(9-12)19-10-14(17)16-5-7-18-8-6-16/h3-4,9,11H,5-8,10H2,1-2H3. The molecular formula is C14H20N2O3. The average molecular weight is 264 g/mol. The van der Waals surface area contributed by atoms with Crippen molar-refractivity contribution in [2.45, 2.75) is 19.8 Å². The number of nitrogens with zero attached hydrogens (tertiary/aromatic N) is 2. The first kappa shape index (κ1) is 13.8. The zero-order valence-electron chi connectivity index (χ0n) is 11.5. The van der Waals surface area contributed by atoms with Crippen LogP contribution in [0, 0.1) is 0 Å². The number of amides is 1. The Morgan fingerprint density at radius 2 is 2.21 bits per heavy atom. The minimum Gasteiger partial charge on any atom is -0.468 e. The third-order valence-electron chi connectivity index (χ3n) is 3.13. The van der Waals surface area contributed by atoms with Crippen LogP contribution in [0.3, 0.4) is 0 Å². The predicted octanol–water partition coefficient (Wildman–Crippen LogP) is 1.44. The van der Waals surface area contributed by atoms with Gasteiger partial charge >= 0.3 is 0 Å². The normalized spacial score (nSPS) is 15.6. The van der Waals surface area contributed by atoms with E-state index in [1.807, 2.05) is 12.1 Å². The maximum Gasteiger partial charge on any atom is 0.260 e. The van der Waals surface area contributed by atoms with Crippen molar-refractivity contribution in [3.05, 3.63) is 23.9 Å². The van der Waals surface area contributed by atoms with Gasteiger partial charge in [-0.2, -0.15) is 0 Å². The van der Waals surface area contributed by atoms with Crippen molar-refractivity contribution in [1.29, 1.82) is 0 Å². The second-order valence-electron chi connectivity index (χ2n) is 4.86. The minimum atomic E-state index is -0.0138. The lowest BCUT2D eigenvalue weighted by Crippen LogP contribution is -2.43. The maximum atomic E-state index is 11.9. The molecule has 1 aromatic rings. The molecule has 5 heteroatoms. The van der Waals surface area contributed by atoms with E-state index in [9.17, 15) is 4.79 Å². The second kappa shape index (κ2) is 6.52. The van der Waals surface area contributed by atoms with Crippen molar-refractivity contribution in [3.8, 4) is 5.88 Å². The molecule has 1 aliphatic rings. The van der Waals surface area contributed by atoms with Gasteiger partial charge in [-0.3, -0.25) is 4.79 Å². The SMILES string of the molecule is CC(C)c1ccnc(OCC(=O)N2CCOCC2)c1. The third-order valence-corrected chi connectivity index (χ3v) is 3.13. The van der Waals surface area contributed by atoms with Gasteiger partial charge in [-0.1, -0.05) is 13.8 Å². The molecule has 2 heterocycles. The first-order valence-corrected chi connectivity index (χ1v) is 6.61. The fraction of sp³-hybridized carbons (Fsp3) is 0.571. The van der Waals surface area contributed by atoms with Crippen molar-refractivity contribution in [2.24, 2.45) is 0 Å². The van der Waals surface area contributed by atoms with E-state index >= 15 is 0 Å². The van der Waals surface area contributed by atoms with Crippen LogP contribution in [0.25, 0.3) is 0 Å². The van der Waals surface area contributed by atoms with E-state index in [4.69, 9.17) is 9.47 Å². The summed E-state index contributed by atoms with van der Waals surface area (Å²) in [4.78, 5) is 17.8. The summed E-state index contributed by atoms with van der Waals surface area (Å²) in [6.45, 7) is 6.74. The van der Waals surface area contributed by atoms with Crippen molar-refractivity contribution in [3.63, 3.8) is 0 Å². The summed E-state index contributed by atoms with van der Waals surface area (Å²) in [6, 6.07) is 3.85. The lowest BCUT2D eigenvalue weighted by molar-refractivity contribution is -0.137. The van der Waals surface area contributed by atoms with E-state index in [0.29, 0.717) is 38.1 Å². The summed E-state index contributed by atoms with van der Waals surface area (Å²) in [5, 5.41) is 0. The number of hydrogen-bond acceptors (Lipinski definition) is 4. The van der Waals surface area contributed by atoms with Crippen molar-refractivity contribution >= 4 is 5.91 Å². The number of ether oxygens (including phenoxy) is 2. The molecule has 0 aromatic carbocycles. The van der Waals surface area contributed by atoms with Gasteiger partial charge in [0.15, 0.2) is 6.61 Å². The maximum absolute atomic E-state index is 11.9. The van der Waals surface area contributed by atoms with Gasteiger partial charge in [-0.25, -0.2) is 4.98 Å². The van der Waals surface area contributed by atoms with E-state index in [-0.39, 0.29) is 12.5 Å². The van der Waals surface area contributed by atoms with Crippen molar-refractivity contribution in [2.75, 3.05) is 32.9 Å². The Balaban J connectivity index is 1.87. The molecule has 0 radical (unpaired) electrons. The summed E-state index contributed by atoms with van der Waals surface area (Å²) in [5.41, 5.74) is 1.16. The molecule has 1 aliphatic heterocycles. The molecular weight excluding hydrogens is 244 g/mol. The van der Waals surface area contributed by atoms with Gasteiger partial charge in [0.05, 0.1) is 13.2 Å². The third kappa shape index (κ3) is 3.92. The number of carbonyl (C=O) groups is 1. The van der Waals surface area contributed by atoms with Gasteiger partial charge in [0.2, 0.25) is 5.88 Å². The Hall–Kier alpha value is -1.62. The fourth-order valence-corrected chi connectivity index (χ4v) is 1.90. The Morgan fingerprint density at radius 3 is 2.89 bits per heavy atom. The smallest absolute Gasteiger partial charge is 0.260 e. The Bertz CT molecular complexity index is 428. The predicted molar refractivity (Wildman–Crippen MR) is 71.2 cm³/mol. The van der Waals surface area contributed by atoms with Crippen LogP contribution in [0.5, 0.6) is 5.88 Å². The number of morpholine rings is 1. The summed E-state index contributed by atoms with van der Waals surface area (Å²) in [6.07, 6.45) is 1.71. The lowest BCUT2D eigenvalue weighted by Gasteiger charge is -2.26. The molecule has 0 spiro atoms. The Kier molecular flexibility index (Phi) is 4.74. The zero-order valence-corrected chi connectivity index (χ0v) is 11.5. The topological polar surface area (TPSA) is 51.7 Å². The largest absolute Gasteiger partial charge is 0.468 e. The van der Waals surface area contributed by atoms with Gasteiger partial charge in [-0.15, -0.1) is 0 Å². The minimum absolute atomic E-state index is 0.0138. The highest BCUT2D eigenvalue weighted by molar-refractivity contribution is 5.77. The van der Waals surface area contributed by atoms with Gasteiger partial charge in [-0.05, 0) is 17.5 Å². The zero-order chi connectivity index (χ0) is 13.7. The van der Waals surface area contributed by atoms with E-state index < -0.39 is 0 Å². The molecule has 1 fully saturated rings. The number of rotatable bonds is 4. The number of pyridine rings is 1. The van der Waals surface area contributed by atoms with Crippen LogP contribution in [-0.4, -0.2) is 48.7 Å². The van der Waals surface area contributed by atoms with Gasteiger partial charge in [0, 0.05) is 25.4 Å². The molecule has 1 aromatic heterocycles. The molecule has 0 N–H and O–H groups in total. The summed E-state index contributed by atoms with van der Waals surface area (Å²) >= 11 is 0. The highest BCUT2D eigenvalue weighted by Gasteiger charge is 2.17. The van der Waals surface area contributed by atoms with Crippen molar-refractivity contribution < 1.29 is 14.3 Å². The second-order valence-corrected chi connectivity index (χ2v) is 4.86. The summed E-state index contributed by atoms with van der Waals surface area (Å²) in [7, 11) is 0. The summed E-state index contributed by atoms with van der Waals surface area (Å²) in [5.74, 6) is 0.910. The van der Waals surface area contributed by atoms with Crippen LogP contribution in [0.4, 0.5) is 0 Å². The molecule has 1 amide bonds. The van der Waals surface area contributed by atoms with E-state index in [2.05, 4.69) is 18.8 Å². The average Bonchev–Trinajstić information content (AvgIpc) is 2.46. The van der Waals surface area contributed by atoms with E-state index in [1.165, 1.54) is 0 Å². The van der Waals surface area contributed by atoms with E-state index in [0.717, 1.165) is 5.56 Å². The van der Waals surface area contributed by atoms with Gasteiger partial charge < -0.3 is 14.4 Å². The highest BCUT2D eigenvalue weighted by Crippen LogP contribution is 2.17. The van der Waals surface area contributed by atoms with Crippen LogP contribution in [-0.2, 0) is 9.53 Å². The molecule has 104 valence electrons. The molecule has 1 saturated heterocycles. The molecule has 2 rings (SSSR count). The number of aromatic nitrogens is 1. The Morgan fingerprint density at radius 1 is 1.47 bits per heavy atom. The van der Waals surface area contributed by atoms with Crippen LogP contribution in [0.1, 0.15) is 25.3 Å². The molecule has 0 aliphatic carbocycles. The first-order chi connectivity index (χ1) is 9.16. The van der Waals surface area contributed by atoms with Gasteiger partial charge in [0.25, 0.3) is 5.91 Å². The fourth-order valence-electron chi connectivity index (χ4n) is 1.90. The van der Waals surface area contributed by atoms with Crippen LogP contribution < -0.4 is 4.74 Å². The monoisotopic (exact) mass is 264 g/mol. The molecule has 0 unspecified atom stereocenters. The van der Waals surface area contributed by atoms with Crippen molar-refractivity contribution in [1.82, 2.24) is 9.88 Å². The van der Waals surface area contributed by atoms with Crippen LogP contribution >= 0.6 is 0 Å². The molecule has 0 atom stereocenters. The highest BCUT2D eigenvalue weighted by atomic mass is 16.5. The number of hydrogen-bond donors (Lipinski definition) is 0. The lowest BCUT2D eigenvalue weighted by atomic mass is 10.1. The Labute approximate surface area is 113 Å². The van der Waals surface area contributed by atoms with Crippen LogP contribution in [0.2, 0.25) is 0 Å². The number of carbonyl (C=O) groups excluding carboxylic acids is 1. The first-order valence-electron chi connectivity index (χ1n) is 6.61. The molecule has 0 saturated carbocycles. The quantitative estimate of drug-likeness (QED) is 0.826. The summed E-state index contributed by atoms with van der Waals surface area (Å²) < 4.78 is 10.7. The van der Waals surface area contributed by atoms with Gasteiger partial charge in [0.1, 0.15) is 0 Å². The van der Waals surface area contributed by atoms with E-state index in [1.54, 1.807) is 11.1 Å².